The summed E-state index contributed by atoms with van der Waals surface area (Å²) >= 11 is 0. The third-order valence-electron chi connectivity index (χ3n) is 3.24. The van der Waals surface area contributed by atoms with Crippen LogP contribution in [0, 0.1) is 5.92 Å². The molecule has 2 rings (SSSR count). The van der Waals surface area contributed by atoms with Crippen molar-refractivity contribution in [3.63, 3.8) is 0 Å². The molecule has 0 saturated carbocycles. The second kappa shape index (κ2) is 6.68. The van der Waals surface area contributed by atoms with E-state index in [1.807, 2.05) is 12.1 Å². The summed E-state index contributed by atoms with van der Waals surface area (Å²) in [7, 11) is 2.12. The van der Waals surface area contributed by atoms with Crippen LogP contribution in [0.5, 0.6) is 0 Å². The number of aromatic nitrogens is 1. The summed E-state index contributed by atoms with van der Waals surface area (Å²) in [6.45, 7) is 3.71. The zero-order valence-electron chi connectivity index (χ0n) is 10.9. The molecule has 5 nitrogen and oxygen atoms in total. The molecule has 0 bridgehead atoms. The van der Waals surface area contributed by atoms with E-state index in [9.17, 15) is 0 Å². The van der Waals surface area contributed by atoms with Gasteiger partial charge in [-0.1, -0.05) is 0 Å². The van der Waals surface area contributed by atoms with Gasteiger partial charge < -0.3 is 15.1 Å². The quantitative estimate of drug-likeness (QED) is 0.608. The van der Waals surface area contributed by atoms with Crippen LogP contribution >= 0.6 is 0 Å². The lowest BCUT2D eigenvalue weighted by Gasteiger charge is -2.26. The van der Waals surface area contributed by atoms with Crippen LogP contribution in [0.4, 0.5) is 5.69 Å². The van der Waals surface area contributed by atoms with Crippen molar-refractivity contribution in [2.75, 3.05) is 32.2 Å². The molecule has 1 saturated heterocycles. The third-order valence-corrected chi connectivity index (χ3v) is 3.24. The fourth-order valence-corrected chi connectivity index (χ4v) is 2.39. The molecule has 1 aliphatic rings. The second-order valence-electron chi connectivity index (χ2n) is 4.96. The standard InChI is InChI=1S/C13H22N4O/c1-17(8-11-3-2-6-18-10-11)9-13-7-12(16-14)4-5-15-13/h4-5,7,11H,2-3,6,8-10,14H2,1H3,(H,15,16). The molecule has 1 atom stereocenters. The van der Waals surface area contributed by atoms with Gasteiger partial charge in [-0.05, 0) is 37.9 Å². The topological polar surface area (TPSA) is 63.4 Å². The number of hydrogen-bond donors (Lipinski definition) is 2. The molecule has 1 aromatic rings. The lowest BCUT2D eigenvalue weighted by molar-refractivity contribution is 0.0410. The lowest BCUT2D eigenvalue weighted by Crippen LogP contribution is -2.30. The van der Waals surface area contributed by atoms with Crippen molar-refractivity contribution in [1.29, 1.82) is 0 Å². The summed E-state index contributed by atoms with van der Waals surface area (Å²) < 4.78 is 5.50. The van der Waals surface area contributed by atoms with Crippen molar-refractivity contribution in [3.05, 3.63) is 24.0 Å². The van der Waals surface area contributed by atoms with E-state index >= 15 is 0 Å². The predicted octanol–water partition coefficient (Wildman–Crippen LogP) is 1.23. The first-order valence-electron chi connectivity index (χ1n) is 6.46. The Kier molecular flexibility index (Phi) is 4.92. The number of nitrogens with two attached hydrogens (primary N) is 1. The van der Waals surface area contributed by atoms with Gasteiger partial charge in [0, 0.05) is 25.9 Å². The van der Waals surface area contributed by atoms with Gasteiger partial charge in [0.1, 0.15) is 0 Å². The Bertz CT molecular complexity index is 366. The Hall–Kier alpha value is -1.17. The van der Waals surface area contributed by atoms with E-state index in [1.165, 1.54) is 12.8 Å². The van der Waals surface area contributed by atoms with Crippen LogP contribution in [0.1, 0.15) is 18.5 Å². The first-order chi connectivity index (χ1) is 8.78. The predicted molar refractivity (Wildman–Crippen MR) is 71.9 cm³/mol. The fourth-order valence-electron chi connectivity index (χ4n) is 2.39. The van der Waals surface area contributed by atoms with Gasteiger partial charge in [0.05, 0.1) is 18.0 Å². The summed E-state index contributed by atoms with van der Waals surface area (Å²) in [5.41, 5.74) is 4.57. The molecule has 18 heavy (non-hydrogen) atoms. The van der Waals surface area contributed by atoms with E-state index in [4.69, 9.17) is 10.6 Å². The minimum absolute atomic E-state index is 0.652. The normalized spacial score (nSPS) is 20.1. The number of anilines is 1. The number of ether oxygens (including phenoxy) is 1. The maximum absolute atomic E-state index is 5.50. The van der Waals surface area contributed by atoms with Crippen molar-refractivity contribution in [3.8, 4) is 0 Å². The Balaban J connectivity index is 1.83. The fraction of sp³-hybridized carbons (Fsp3) is 0.615. The molecular formula is C13H22N4O. The number of rotatable bonds is 5. The van der Waals surface area contributed by atoms with E-state index in [-0.39, 0.29) is 0 Å². The van der Waals surface area contributed by atoms with E-state index in [0.717, 1.165) is 37.7 Å². The molecule has 0 radical (unpaired) electrons. The summed E-state index contributed by atoms with van der Waals surface area (Å²) in [5, 5.41) is 0. The number of nitrogens with one attached hydrogen (secondary N) is 1. The maximum Gasteiger partial charge on any atom is 0.0564 e. The zero-order valence-corrected chi connectivity index (χ0v) is 10.9. The molecule has 0 amide bonds. The van der Waals surface area contributed by atoms with Gasteiger partial charge in [0.25, 0.3) is 0 Å². The molecule has 1 fully saturated rings. The van der Waals surface area contributed by atoms with Gasteiger partial charge in [-0.25, -0.2) is 0 Å². The number of pyridine rings is 1. The highest BCUT2D eigenvalue weighted by molar-refractivity contribution is 5.41. The van der Waals surface area contributed by atoms with E-state index in [2.05, 4.69) is 22.4 Å². The second-order valence-corrected chi connectivity index (χ2v) is 4.96. The molecule has 3 N–H and O–H groups in total. The molecule has 0 aromatic carbocycles. The van der Waals surface area contributed by atoms with Crippen LogP contribution in [0.15, 0.2) is 18.3 Å². The molecule has 1 aromatic heterocycles. The number of hydrazine groups is 1. The lowest BCUT2D eigenvalue weighted by atomic mass is 10.0. The number of nitrogens with zero attached hydrogens (tertiary/aromatic N) is 2. The average Bonchev–Trinajstić information content (AvgIpc) is 2.40. The molecule has 1 aliphatic heterocycles. The van der Waals surface area contributed by atoms with Gasteiger partial charge in [0.15, 0.2) is 0 Å². The minimum atomic E-state index is 0.652. The highest BCUT2D eigenvalue weighted by atomic mass is 16.5. The summed E-state index contributed by atoms with van der Waals surface area (Å²) in [6, 6.07) is 3.84. The van der Waals surface area contributed by atoms with Crippen LogP contribution in [0.2, 0.25) is 0 Å². The van der Waals surface area contributed by atoms with Crippen LogP contribution < -0.4 is 11.3 Å². The first kappa shape index (κ1) is 13.3. The van der Waals surface area contributed by atoms with Crippen LogP contribution in [0.3, 0.4) is 0 Å². The molecule has 5 heteroatoms. The highest BCUT2D eigenvalue weighted by Crippen LogP contribution is 2.15. The van der Waals surface area contributed by atoms with Crippen molar-refractivity contribution >= 4 is 5.69 Å². The smallest absolute Gasteiger partial charge is 0.0564 e. The van der Waals surface area contributed by atoms with E-state index in [0.29, 0.717) is 5.92 Å². The van der Waals surface area contributed by atoms with Crippen LogP contribution in [0.25, 0.3) is 0 Å². The van der Waals surface area contributed by atoms with Crippen LogP contribution in [-0.4, -0.2) is 36.7 Å². The van der Waals surface area contributed by atoms with Crippen molar-refractivity contribution in [2.24, 2.45) is 11.8 Å². The molecule has 2 heterocycles. The van der Waals surface area contributed by atoms with Crippen LogP contribution in [-0.2, 0) is 11.3 Å². The monoisotopic (exact) mass is 250 g/mol. The SMILES string of the molecule is CN(Cc1cc(NN)ccn1)CC1CCCOC1. The molecule has 0 aliphatic carbocycles. The highest BCUT2D eigenvalue weighted by Gasteiger charge is 2.16. The number of hydrogen-bond acceptors (Lipinski definition) is 5. The Morgan fingerprint density at radius 1 is 1.61 bits per heavy atom. The van der Waals surface area contributed by atoms with Gasteiger partial charge >= 0.3 is 0 Å². The first-order valence-corrected chi connectivity index (χ1v) is 6.46. The van der Waals surface area contributed by atoms with E-state index < -0.39 is 0 Å². The van der Waals surface area contributed by atoms with Gasteiger partial charge in [-0.2, -0.15) is 0 Å². The molecule has 100 valence electrons. The molecule has 0 spiro atoms. The van der Waals surface area contributed by atoms with Gasteiger partial charge in [-0.15, -0.1) is 0 Å². The Morgan fingerprint density at radius 3 is 3.22 bits per heavy atom. The summed E-state index contributed by atoms with van der Waals surface area (Å²) in [6.07, 6.45) is 4.23. The molecular weight excluding hydrogens is 228 g/mol. The Morgan fingerprint density at radius 2 is 2.50 bits per heavy atom. The van der Waals surface area contributed by atoms with Gasteiger partial charge in [-0.3, -0.25) is 10.8 Å². The molecule has 1 unspecified atom stereocenters. The van der Waals surface area contributed by atoms with Crippen molar-refractivity contribution in [2.45, 2.75) is 19.4 Å². The number of nitrogen functional groups attached to an aromatic ring is 1. The van der Waals surface area contributed by atoms with E-state index in [1.54, 1.807) is 6.20 Å². The zero-order chi connectivity index (χ0) is 12.8. The summed E-state index contributed by atoms with van der Waals surface area (Å²) in [4.78, 5) is 6.65. The maximum atomic E-state index is 5.50. The average molecular weight is 250 g/mol. The third kappa shape index (κ3) is 3.94. The van der Waals surface area contributed by atoms with Crippen molar-refractivity contribution in [1.82, 2.24) is 9.88 Å². The Labute approximate surface area is 108 Å². The summed E-state index contributed by atoms with van der Waals surface area (Å²) in [5.74, 6) is 6.04. The van der Waals surface area contributed by atoms with Crippen molar-refractivity contribution < 1.29 is 4.74 Å². The minimum Gasteiger partial charge on any atom is -0.381 e. The largest absolute Gasteiger partial charge is 0.381 e. The van der Waals surface area contributed by atoms with Gasteiger partial charge in [0.2, 0.25) is 0 Å².